The Hall–Kier alpha value is -2.28. The Kier molecular flexibility index (Phi) is 7.47. The predicted molar refractivity (Wildman–Crippen MR) is 104 cm³/mol. The first-order valence-corrected chi connectivity index (χ1v) is 9.51. The largest absolute Gasteiger partial charge is 0.481 e. The summed E-state index contributed by atoms with van der Waals surface area (Å²) in [6.45, 7) is 1.60. The molecule has 8 heteroatoms. The summed E-state index contributed by atoms with van der Waals surface area (Å²) in [5, 5.41) is 14.9. The molecule has 7 nitrogen and oxygen atoms in total. The van der Waals surface area contributed by atoms with Crippen molar-refractivity contribution in [2.75, 3.05) is 18.9 Å². The third-order valence-corrected chi connectivity index (χ3v) is 5.05. The van der Waals surface area contributed by atoms with Crippen LogP contribution < -0.4 is 10.6 Å². The molecule has 0 bridgehead atoms. The van der Waals surface area contributed by atoms with Crippen LogP contribution in [0, 0.1) is 5.92 Å². The van der Waals surface area contributed by atoms with Gasteiger partial charge in [0.05, 0.1) is 16.5 Å². The lowest BCUT2D eigenvalue weighted by atomic mass is 9.95. The second-order valence-corrected chi connectivity index (χ2v) is 7.46. The van der Waals surface area contributed by atoms with Gasteiger partial charge in [0.1, 0.15) is 0 Å². The van der Waals surface area contributed by atoms with Crippen LogP contribution in [0.25, 0.3) is 0 Å². The van der Waals surface area contributed by atoms with Crippen molar-refractivity contribution < 1.29 is 19.5 Å². The van der Waals surface area contributed by atoms with Crippen molar-refractivity contribution in [1.82, 2.24) is 10.2 Å². The maximum absolute atomic E-state index is 12.5. The lowest BCUT2D eigenvalue weighted by Gasteiger charge is -2.23. The molecular formula is C19H26ClN3O4. The van der Waals surface area contributed by atoms with Gasteiger partial charge in [-0.05, 0) is 31.0 Å². The normalized spacial score (nSPS) is 15.7. The molecule has 0 radical (unpaired) electrons. The van der Waals surface area contributed by atoms with Crippen LogP contribution in [0.2, 0.25) is 5.02 Å². The number of carbonyl (C=O) groups is 3. The van der Waals surface area contributed by atoms with E-state index in [1.54, 1.807) is 12.1 Å². The summed E-state index contributed by atoms with van der Waals surface area (Å²) < 4.78 is 0. The number of carboxylic acids is 1. The van der Waals surface area contributed by atoms with E-state index < -0.39 is 17.9 Å². The van der Waals surface area contributed by atoms with E-state index in [0.29, 0.717) is 16.3 Å². The fourth-order valence-corrected chi connectivity index (χ4v) is 3.28. The molecule has 0 aliphatic heterocycles. The molecule has 148 valence electrons. The molecule has 1 aliphatic rings. The summed E-state index contributed by atoms with van der Waals surface area (Å²) >= 11 is 6.16. The summed E-state index contributed by atoms with van der Waals surface area (Å²) in [5.74, 6) is -1.90. The Bertz CT molecular complexity index is 704. The number of urea groups is 1. The molecule has 1 aliphatic carbocycles. The quantitative estimate of drug-likeness (QED) is 0.685. The zero-order chi connectivity index (χ0) is 20.0. The SMILES string of the molecule is CC(CN(C)C(=O)Nc1ccc(Cl)c(C(=O)NC2CCCCC2)c1)C(=O)O. The van der Waals surface area contributed by atoms with Crippen LogP contribution in [0.1, 0.15) is 49.4 Å². The van der Waals surface area contributed by atoms with E-state index in [1.165, 1.54) is 31.4 Å². The smallest absolute Gasteiger partial charge is 0.321 e. The minimum absolute atomic E-state index is 0.0732. The minimum atomic E-state index is -0.970. The van der Waals surface area contributed by atoms with Crippen molar-refractivity contribution in [3.05, 3.63) is 28.8 Å². The van der Waals surface area contributed by atoms with Crippen molar-refractivity contribution in [3.63, 3.8) is 0 Å². The van der Waals surface area contributed by atoms with Crippen molar-refractivity contribution >= 4 is 35.2 Å². The molecule has 1 unspecified atom stereocenters. The van der Waals surface area contributed by atoms with E-state index in [4.69, 9.17) is 16.7 Å². The van der Waals surface area contributed by atoms with E-state index in [-0.39, 0.29) is 18.5 Å². The van der Waals surface area contributed by atoms with Gasteiger partial charge in [-0.15, -0.1) is 0 Å². The highest BCUT2D eigenvalue weighted by Crippen LogP contribution is 2.23. The van der Waals surface area contributed by atoms with Gasteiger partial charge >= 0.3 is 12.0 Å². The Morgan fingerprint density at radius 3 is 2.56 bits per heavy atom. The average Bonchev–Trinajstić information content (AvgIpc) is 2.63. The van der Waals surface area contributed by atoms with Gasteiger partial charge in [-0.1, -0.05) is 37.8 Å². The van der Waals surface area contributed by atoms with E-state index in [2.05, 4.69) is 10.6 Å². The van der Waals surface area contributed by atoms with Crippen molar-refractivity contribution in [2.45, 2.75) is 45.1 Å². The van der Waals surface area contributed by atoms with Crippen LogP contribution in [0.3, 0.4) is 0 Å². The van der Waals surface area contributed by atoms with E-state index in [0.717, 1.165) is 25.7 Å². The Morgan fingerprint density at radius 2 is 1.93 bits per heavy atom. The van der Waals surface area contributed by atoms with Crippen molar-refractivity contribution in [2.24, 2.45) is 5.92 Å². The first-order valence-electron chi connectivity index (χ1n) is 9.13. The summed E-state index contributed by atoms with van der Waals surface area (Å²) in [6.07, 6.45) is 5.34. The highest BCUT2D eigenvalue weighted by Gasteiger charge is 2.20. The van der Waals surface area contributed by atoms with Crippen molar-refractivity contribution in [3.8, 4) is 0 Å². The summed E-state index contributed by atoms with van der Waals surface area (Å²) in [6, 6.07) is 4.40. The van der Waals surface area contributed by atoms with Gasteiger partial charge < -0.3 is 20.6 Å². The number of amides is 3. The number of nitrogens with one attached hydrogen (secondary N) is 2. The van der Waals surface area contributed by atoms with Crippen LogP contribution in [0.15, 0.2) is 18.2 Å². The van der Waals surface area contributed by atoms with Crippen LogP contribution in [0.4, 0.5) is 10.5 Å². The zero-order valence-corrected chi connectivity index (χ0v) is 16.4. The molecule has 1 atom stereocenters. The molecule has 1 fully saturated rings. The topological polar surface area (TPSA) is 98.7 Å². The molecule has 3 amide bonds. The number of nitrogens with zero attached hydrogens (tertiary/aromatic N) is 1. The molecule has 2 rings (SSSR count). The first-order chi connectivity index (χ1) is 12.8. The van der Waals surface area contributed by atoms with Gasteiger partial charge in [0.15, 0.2) is 0 Å². The van der Waals surface area contributed by atoms with Crippen LogP contribution in [-0.4, -0.2) is 47.5 Å². The molecule has 1 aromatic rings. The predicted octanol–water partition coefficient (Wildman–Crippen LogP) is 3.59. The third kappa shape index (κ3) is 6.13. The van der Waals surface area contributed by atoms with E-state index >= 15 is 0 Å². The third-order valence-electron chi connectivity index (χ3n) is 4.72. The molecule has 0 spiro atoms. The second kappa shape index (κ2) is 9.60. The molecule has 0 aromatic heterocycles. The Labute approximate surface area is 164 Å². The first kappa shape index (κ1) is 21.0. The van der Waals surface area contributed by atoms with Gasteiger partial charge in [-0.2, -0.15) is 0 Å². The second-order valence-electron chi connectivity index (χ2n) is 7.05. The lowest BCUT2D eigenvalue weighted by molar-refractivity contribution is -0.141. The summed E-state index contributed by atoms with van der Waals surface area (Å²) in [5.41, 5.74) is 0.731. The minimum Gasteiger partial charge on any atom is -0.481 e. The molecule has 1 aromatic carbocycles. The number of halogens is 1. The number of carboxylic acid groups (broad SMARTS) is 1. The number of aliphatic carboxylic acids is 1. The molecule has 1 saturated carbocycles. The molecule has 0 heterocycles. The molecule has 27 heavy (non-hydrogen) atoms. The Morgan fingerprint density at radius 1 is 1.26 bits per heavy atom. The number of hydrogen-bond acceptors (Lipinski definition) is 3. The van der Waals surface area contributed by atoms with E-state index in [9.17, 15) is 14.4 Å². The van der Waals surface area contributed by atoms with E-state index in [1.807, 2.05) is 0 Å². The highest BCUT2D eigenvalue weighted by molar-refractivity contribution is 6.34. The number of anilines is 1. The molecule has 3 N–H and O–H groups in total. The van der Waals surface area contributed by atoms with Crippen molar-refractivity contribution in [1.29, 1.82) is 0 Å². The fourth-order valence-electron chi connectivity index (χ4n) is 3.08. The maximum atomic E-state index is 12.5. The van der Waals surface area contributed by atoms with Gasteiger partial charge in [0, 0.05) is 25.3 Å². The lowest BCUT2D eigenvalue weighted by Crippen LogP contribution is -2.37. The molecule has 0 saturated heterocycles. The number of carbonyl (C=O) groups excluding carboxylic acids is 2. The van der Waals surface area contributed by atoms with Gasteiger partial charge in [0.2, 0.25) is 0 Å². The van der Waals surface area contributed by atoms with Gasteiger partial charge in [-0.3, -0.25) is 9.59 Å². The fraction of sp³-hybridized carbons (Fsp3) is 0.526. The standard InChI is InChI=1S/C19H26ClN3O4/c1-12(18(25)26)11-23(2)19(27)22-14-8-9-16(20)15(10-14)17(24)21-13-6-4-3-5-7-13/h8-10,12-13H,3-7,11H2,1-2H3,(H,21,24)(H,22,27)(H,25,26). The van der Waals surface area contributed by atoms with Gasteiger partial charge in [0.25, 0.3) is 5.91 Å². The summed E-state index contributed by atoms with van der Waals surface area (Å²) in [4.78, 5) is 37.0. The van der Waals surface area contributed by atoms with Gasteiger partial charge in [-0.25, -0.2) is 4.79 Å². The Balaban J connectivity index is 2.01. The average molecular weight is 396 g/mol. The zero-order valence-electron chi connectivity index (χ0n) is 15.6. The maximum Gasteiger partial charge on any atom is 0.321 e. The number of rotatable bonds is 6. The number of hydrogen-bond donors (Lipinski definition) is 3. The van der Waals surface area contributed by atoms with Crippen LogP contribution in [0.5, 0.6) is 0 Å². The van der Waals surface area contributed by atoms with Crippen LogP contribution >= 0.6 is 11.6 Å². The van der Waals surface area contributed by atoms with Crippen LogP contribution in [-0.2, 0) is 4.79 Å². The number of benzene rings is 1. The monoisotopic (exact) mass is 395 g/mol. The molecular weight excluding hydrogens is 370 g/mol. The highest BCUT2D eigenvalue weighted by atomic mass is 35.5. The summed E-state index contributed by atoms with van der Waals surface area (Å²) in [7, 11) is 1.52.